The third-order valence-corrected chi connectivity index (χ3v) is 4.48. The normalized spacial score (nSPS) is 11.1. The van der Waals surface area contributed by atoms with E-state index in [4.69, 9.17) is 25.8 Å². The van der Waals surface area contributed by atoms with Crippen molar-refractivity contribution in [3.05, 3.63) is 57.0 Å². The van der Waals surface area contributed by atoms with Gasteiger partial charge in [0.2, 0.25) is 0 Å². The van der Waals surface area contributed by atoms with E-state index in [0.717, 1.165) is 18.2 Å². The lowest BCUT2D eigenvalue weighted by molar-refractivity contribution is -0.143. The summed E-state index contributed by atoms with van der Waals surface area (Å²) in [4.78, 5) is 23.5. The molecule has 0 unspecified atom stereocenters. The number of benzene rings is 2. The molecule has 0 aliphatic heterocycles. The first-order chi connectivity index (χ1) is 13.6. The van der Waals surface area contributed by atoms with Gasteiger partial charge in [0.05, 0.1) is 29.2 Å². The van der Waals surface area contributed by atoms with E-state index < -0.39 is 23.7 Å². The van der Waals surface area contributed by atoms with Crippen LogP contribution >= 0.6 is 27.5 Å². The summed E-state index contributed by atoms with van der Waals surface area (Å²) < 4.78 is 53.8. The van der Waals surface area contributed by atoms with Crippen molar-refractivity contribution in [3.63, 3.8) is 0 Å². The van der Waals surface area contributed by atoms with E-state index in [-0.39, 0.29) is 41.7 Å². The number of esters is 2. The van der Waals surface area contributed by atoms with Crippen molar-refractivity contribution in [3.8, 4) is 11.5 Å². The summed E-state index contributed by atoms with van der Waals surface area (Å²) in [6.45, 7) is 1.72. The van der Waals surface area contributed by atoms with Crippen LogP contribution in [0.2, 0.25) is 5.02 Å². The Bertz CT molecular complexity index is 902. The van der Waals surface area contributed by atoms with Crippen LogP contribution in [-0.2, 0) is 20.4 Å². The van der Waals surface area contributed by atoms with Crippen LogP contribution in [0.4, 0.5) is 13.2 Å². The third kappa shape index (κ3) is 6.64. The Labute approximate surface area is 177 Å². The Morgan fingerprint density at radius 3 is 2.45 bits per heavy atom. The van der Waals surface area contributed by atoms with E-state index in [0.29, 0.717) is 4.47 Å². The number of hydrogen-bond acceptors (Lipinski definition) is 5. The van der Waals surface area contributed by atoms with Gasteiger partial charge in [0, 0.05) is 4.47 Å². The molecule has 0 bridgehead atoms. The molecule has 0 amide bonds. The first-order valence-corrected chi connectivity index (χ1v) is 9.45. The molecule has 2 rings (SSSR count). The Morgan fingerprint density at radius 2 is 1.83 bits per heavy atom. The fourth-order valence-corrected chi connectivity index (χ4v) is 2.78. The van der Waals surface area contributed by atoms with Crippen molar-refractivity contribution in [2.45, 2.75) is 19.5 Å². The Morgan fingerprint density at radius 1 is 1.10 bits per heavy atom. The van der Waals surface area contributed by atoms with Gasteiger partial charge in [0.25, 0.3) is 0 Å². The average Bonchev–Trinajstić information content (AvgIpc) is 2.64. The van der Waals surface area contributed by atoms with Crippen molar-refractivity contribution in [1.29, 1.82) is 0 Å². The lowest BCUT2D eigenvalue weighted by atomic mass is 10.2. The summed E-state index contributed by atoms with van der Waals surface area (Å²) in [6.07, 6.45) is -4.62. The number of alkyl halides is 3. The lowest BCUT2D eigenvalue weighted by Crippen LogP contribution is -2.12. The number of ether oxygens (including phenoxy) is 3. The van der Waals surface area contributed by atoms with Crippen LogP contribution in [0.1, 0.15) is 29.3 Å². The number of halogens is 5. The van der Waals surface area contributed by atoms with Crippen molar-refractivity contribution < 1.29 is 37.0 Å². The molecule has 0 radical (unpaired) electrons. The van der Waals surface area contributed by atoms with E-state index >= 15 is 0 Å². The van der Waals surface area contributed by atoms with Gasteiger partial charge in [-0.25, -0.2) is 4.79 Å². The molecule has 0 aromatic heterocycles. The maximum absolute atomic E-state index is 12.7. The highest BCUT2D eigenvalue weighted by molar-refractivity contribution is 9.10. The van der Waals surface area contributed by atoms with Crippen LogP contribution in [0.5, 0.6) is 11.5 Å². The zero-order chi connectivity index (χ0) is 21.6. The third-order valence-electron chi connectivity index (χ3n) is 3.49. The first kappa shape index (κ1) is 23.0. The smallest absolute Gasteiger partial charge is 0.416 e. The lowest BCUT2D eigenvalue weighted by Gasteiger charge is -2.12. The van der Waals surface area contributed by atoms with Gasteiger partial charge >= 0.3 is 18.1 Å². The van der Waals surface area contributed by atoms with Crippen LogP contribution in [0.25, 0.3) is 0 Å². The molecular weight excluding hydrogens is 481 g/mol. The van der Waals surface area contributed by atoms with Crippen molar-refractivity contribution in [1.82, 2.24) is 0 Å². The van der Waals surface area contributed by atoms with Crippen LogP contribution in [0, 0.1) is 0 Å². The van der Waals surface area contributed by atoms with E-state index in [2.05, 4.69) is 15.9 Å². The summed E-state index contributed by atoms with van der Waals surface area (Å²) in [5, 5.41) is -0.235. The van der Waals surface area contributed by atoms with E-state index in [1.54, 1.807) is 6.92 Å². The monoisotopic (exact) mass is 494 g/mol. The molecule has 10 heteroatoms. The summed E-state index contributed by atoms with van der Waals surface area (Å²) in [5.74, 6) is -1.06. The molecule has 0 atom stereocenters. The molecule has 0 N–H and O–H groups in total. The summed E-state index contributed by atoms with van der Waals surface area (Å²) in [6, 6.07) is 7.02. The van der Waals surface area contributed by atoms with Crippen LogP contribution < -0.4 is 4.74 Å². The van der Waals surface area contributed by atoms with Crippen LogP contribution in [0.3, 0.4) is 0 Å². The quantitative estimate of drug-likeness (QED) is 0.439. The molecule has 0 saturated carbocycles. The molecule has 2 aromatic rings. The summed E-state index contributed by atoms with van der Waals surface area (Å²) in [7, 11) is 0. The van der Waals surface area contributed by atoms with Crippen molar-refractivity contribution >= 4 is 39.5 Å². The van der Waals surface area contributed by atoms with Crippen molar-refractivity contribution in [2.24, 2.45) is 0 Å². The number of rotatable bonds is 7. The van der Waals surface area contributed by atoms with Gasteiger partial charge in [0.1, 0.15) is 18.1 Å². The second kappa shape index (κ2) is 9.98. The highest BCUT2D eigenvalue weighted by Crippen LogP contribution is 2.37. The standard InChI is InChI=1S/C19H15BrClF3O5/c1-2-27-17(25)7-8-28-18(26)13-10-12(4-5-14(13)20)29-16-6-3-11(9-15(16)21)19(22,23)24/h3-6,9-10H,2,7-8H2,1H3. The topological polar surface area (TPSA) is 61.8 Å². The molecule has 29 heavy (non-hydrogen) atoms. The minimum absolute atomic E-state index is 0.0105. The fraction of sp³-hybridized carbons (Fsp3) is 0.263. The van der Waals surface area contributed by atoms with Gasteiger partial charge in [-0.1, -0.05) is 11.6 Å². The average molecular weight is 496 g/mol. The minimum Gasteiger partial charge on any atom is -0.466 e. The van der Waals surface area contributed by atoms with E-state index in [1.165, 1.54) is 18.2 Å². The molecule has 2 aromatic carbocycles. The predicted molar refractivity (Wildman–Crippen MR) is 102 cm³/mol. The highest BCUT2D eigenvalue weighted by Gasteiger charge is 2.31. The first-order valence-electron chi connectivity index (χ1n) is 8.28. The van der Waals surface area contributed by atoms with Gasteiger partial charge in [-0.2, -0.15) is 13.2 Å². The van der Waals surface area contributed by atoms with Gasteiger partial charge in [-0.3, -0.25) is 4.79 Å². The van der Waals surface area contributed by atoms with Gasteiger partial charge in [0.15, 0.2) is 0 Å². The largest absolute Gasteiger partial charge is 0.466 e. The minimum atomic E-state index is -4.53. The maximum atomic E-state index is 12.7. The Hall–Kier alpha value is -2.26. The van der Waals surface area contributed by atoms with E-state index in [9.17, 15) is 22.8 Å². The molecular formula is C19H15BrClF3O5. The molecule has 0 aliphatic carbocycles. The molecule has 156 valence electrons. The zero-order valence-corrected chi connectivity index (χ0v) is 17.4. The SMILES string of the molecule is CCOC(=O)CCOC(=O)c1cc(Oc2ccc(C(F)(F)F)cc2Cl)ccc1Br. The predicted octanol–water partition coefficient (Wildman–Crippen LogP) is 6.02. The molecule has 0 saturated heterocycles. The number of hydrogen-bond donors (Lipinski definition) is 0. The van der Waals surface area contributed by atoms with Crippen LogP contribution in [-0.4, -0.2) is 25.2 Å². The van der Waals surface area contributed by atoms with Gasteiger partial charge in [-0.15, -0.1) is 0 Å². The van der Waals surface area contributed by atoms with Gasteiger partial charge in [-0.05, 0) is 59.3 Å². The second-order valence-electron chi connectivity index (χ2n) is 5.58. The zero-order valence-electron chi connectivity index (χ0n) is 15.0. The second-order valence-corrected chi connectivity index (χ2v) is 6.84. The van der Waals surface area contributed by atoms with Gasteiger partial charge < -0.3 is 14.2 Å². The summed E-state index contributed by atoms with van der Waals surface area (Å²) in [5.41, 5.74) is -0.800. The molecule has 5 nitrogen and oxygen atoms in total. The van der Waals surface area contributed by atoms with Crippen LogP contribution in [0.15, 0.2) is 40.9 Å². The molecule has 0 spiro atoms. The highest BCUT2D eigenvalue weighted by atomic mass is 79.9. The van der Waals surface area contributed by atoms with Crippen molar-refractivity contribution in [2.75, 3.05) is 13.2 Å². The fourth-order valence-electron chi connectivity index (χ4n) is 2.15. The van der Waals surface area contributed by atoms with E-state index in [1.807, 2.05) is 0 Å². The number of carbonyl (C=O) groups excluding carboxylic acids is 2. The Balaban J connectivity index is 2.10. The molecule has 0 fully saturated rings. The summed E-state index contributed by atoms with van der Waals surface area (Å²) >= 11 is 9.08. The number of carbonyl (C=O) groups is 2. The molecule has 0 aliphatic rings. The Kier molecular flexibility index (Phi) is 7.92. The molecule has 0 heterocycles. The maximum Gasteiger partial charge on any atom is 0.416 e.